The Balaban J connectivity index is 2.48. The van der Waals surface area contributed by atoms with E-state index in [1.54, 1.807) is 11.8 Å². The van der Waals surface area contributed by atoms with Gasteiger partial charge in [-0.2, -0.15) is 0 Å². The van der Waals surface area contributed by atoms with Crippen LogP contribution in [0, 0.1) is 0 Å². The molecule has 1 aliphatic rings. The molecule has 0 bridgehead atoms. The van der Waals surface area contributed by atoms with Gasteiger partial charge in [0, 0.05) is 12.6 Å². The van der Waals surface area contributed by atoms with Crippen LogP contribution in [0.2, 0.25) is 0 Å². The van der Waals surface area contributed by atoms with Crippen LogP contribution in [0.5, 0.6) is 0 Å². The van der Waals surface area contributed by atoms with Crippen molar-refractivity contribution in [1.29, 1.82) is 0 Å². The molecule has 1 fully saturated rings. The van der Waals surface area contributed by atoms with E-state index < -0.39 is 17.9 Å². The lowest BCUT2D eigenvalue weighted by molar-refractivity contribution is -0.139. The quantitative estimate of drug-likeness (QED) is 0.639. The zero-order valence-corrected chi connectivity index (χ0v) is 11.1. The highest BCUT2D eigenvalue weighted by Crippen LogP contribution is 2.22. The first-order chi connectivity index (χ1) is 9.02. The van der Waals surface area contributed by atoms with Crippen LogP contribution < -0.4 is 10.6 Å². The maximum absolute atomic E-state index is 11.7. The second kappa shape index (κ2) is 7.73. The van der Waals surface area contributed by atoms with E-state index in [1.165, 1.54) is 0 Å². The molecule has 0 aliphatic heterocycles. The average Bonchev–Trinajstić information content (AvgIpc) is 2.80. The van der Waals surface area contributed by atoms with E-state index in [1.807, 2.05) is 0 Å². The molecule has 0 aromatic heterocycles. The lowest BCUT2D eigenvalue weighted by Crippen LogP contribution is -2.48. The van der Waals surface area contributed by atoms with Crippen LogP contribution in [-0.2, 0) is 9.59 Å². The molecule has 0 aromatic rings. The monoisotopic (exact) mass is 271 g/mol. The summed E-state index contributed by atoms with van der Waals surface area (Å²) in [6.07, 6.45) is 3.92. The van der Waals surface area contributed by atoms with Crippen molar-refractivity contribution in [3.8, 4) is 0 Å². The average molecular weight is 271 g/mol. The minimum absolute atomic E-state index is 0.0614. The zero-order valence-electron chi connectivity index (χ0n) is 11.1. The number of imide groups is 1. The van der Waals surface area contributed by atoms with E-state index >= 15 is 0 Å². The van der Waals surface area contributed by atoms with Crippen molar-refractivity contribution in [2.24, 2.45) is 0 Å². The van der Waals surface area contributed by atoms with Gasteiger partial charge in [0.05, 0.1) is 13.1 Å². The summed E-state index contributed by atoms with van der Waals surface area (Å²) >= 11 is 0. The van der Waals surface area contributed by atoms with Crippen molar-refractivity contribution < 1.29 is 19.5 Å². The van der Waals surface area contributed by atoms with Gasteiger partial charge in [-0.1, -0.05) is 12.8 Å². The largest absolute Gasteiger partial charge is 0.480 e. The standard InChI is InChI=1S/C12H21N3O4/c1-2-13-12(19)14-10(16)7-15(8-11(17)18)9-5-3-4-6-9/h9H,2-8H2,1H3,(H,17,18)(H2,13,14,16,19). The molecule has 0 saturated heterocycles. The summed E-state index contributed by atoms with van der Waals surface area (Å²) < 4.78 is 0. The highest BCUT2D eigenvalue weighted by Gasteiger charge is 2.26. The van der Waals surface area contributed by atoms with E-state index in [-0.39, 0.29) is 19.1 Å². The minimum atomic E-state index is -0.960. The third-order valence-corrected chi connectivity index (χ3v) is 3.12. The van der Waals surface area contributed by atoms with Crippen LogP contribution >= 0.6 is 0 Å². The number of carboxylic acid groups (broad SMARTS) is 1. The first kappa shape index (κ1) is 15.4. The van der Waals surface area contributed by atoms with E-state index in [2.05, 4.69) is 10.6 Å². The molecule has 0 radical (unpaired) electrons. The Hall–Kier alpha value is -1.63. The molecule has 1 aliphatic carbocycles. The van der Waals surface area contributed by atoms with Crippen LogP contribution in [0.25, 0.3) is 0 Å². The Morgan fingerprint density at radius 1 is 1.21 bits per heavy atom. The van der Waals surface area contributed by atoms with Gasteiger partial charge in [0.1, 0.15) is 0 Å². The predicted octanol–water partition coefficient (Wildman–Crippen LogP) is 0.161. The molecule has 7 heteroatoms. The summed E-state index contributed by atoms with van der Waals surface area (Å²) in [5, 5.41) is 13.5. The fourth-order valence-electron chi connectivity index (χ4n) is 2.31. The maximum Gasteiger partial charge on any atom is 0.321 e. The van der Waals surface area contributed by atoms with Gasteiger partial charge in [-0.3, -0.25) is 19.8 Å². The number of urea groups is 1. The van der Waals surface area contributed by atoms with Gasteiger partial charge in [0.15, 0.2) is 0 Å². The van der Waals surface area contributed by atoms with Crippen molar-refractivity contribution in [1.82, 2.24) is 15.5 Å². The Kier molecular flexibility index (Phi) is 6.27. The summed E-state index contributed by atoms with van der Waals surface area (Å²) in [4.78, 5) is 35.3. The van der Waals surface area contributed by atoms with Gasteiger partial charge in [0.25, 0.3) is 0 Å². The number of carboxylic acids is 1. The number of hydrogen-bond donors (Lipinski definition) is 3. The fourth-order valence-corrected chi connectivity index (χ4v) is 2.31. The lowest BCUT2D eigenvalue weighted by atomic mass is 10.2. The molecule has 0 unspecified atom stereocenters. The Morgan fingerprint density at radius 2 is 1.84 bits per heavy atom. The molecule has 1 saturated carbocycles. The number of carbonyl (C=O) groups is 3. The second-order valence-electron chi connectivity index (χ2n) is 4.64. The van der Waals surface area contributed by atoms with Gasteiger partial charge in [-0.15, -0.1) is 0 Å². The molecule has 0 spiro atoms. The smallest absolute Gasteiger partial charge is 0.321 e. The molecule has 3 N–H and O–H groups in total. The number of carbonyl (C=O) groups excluding carboxylic acids is 2. The van der Waals surface area contributed by atoms with Crippen LogP contribution in [0.15, 0.2) is 0 Å². The van der Waals surface area contributed by atoms with Crippen LogP contribution in [-0.4, -0.2) is 53.6 Å². The fraction of sp³-hybridized carbons (Fsp3) is 0.750. The highest BCUT2D eigenvalue weighted by molar-refractivity contribution is 5.95. The van der Waals surface area contributed by atoms with E-state index in [0.29, 0.717) is 6.54 Å². The first-order valence-corrected chi connectivity index (χ1v) is 6.56. The van der Waals surface area contributed by atoms with E-state index in [4.69, 9.17) is 5.11 Å². The number of amides is 3. The zero-order chi connectivity index (χ0) is 14.3. The van der Waals surface area contributed by atoms with Crippen LogP contribution in [0.3, 0.4) is 0 Å². The summed E-state index contributed by atoms with van der Waals surface area (Å²) in [6, 6.07) is -0.426. The molecular formula is C12H21N3O4. The Bertz CT molecular complexity index is 340. The predicted molar refractivity (Wildman–Crippen MR) is 68.7 cm³/mol. The third-order valence-electron chi connectivity index (χ3n) is 3.12. The molecule has 0 aromatic carbocycles. The number of aliphatic carboxylic acids is 1. The van der Waals surface area contributed by atoms with E-state index in [0.717, 1.165) is 25.7 Å². The molecule has 0 atom stereocenters. The van der Waals surface area contributed by atoms with Crippen molar-refractivity contribution in [3.63, 3.8) is 0 Å². The molecule has 7 nitrogen and oxygen atoms in total. The lowest BCUT2D eigenvalue weighted by Gasteiger charge is -2.26. The summed E-state index contributed by atoms with van der Waals surface area (Å²) in [7, 11) is 0. The van der Waals surface area contributed by atoms with Gasteiger partial charge in [-0.05, 0) is 19.8 Å². The Morgan fingerprint density at radius 3 is 2.37 bits per heavy atom. The third kappa shape index (κ3) is 5.69. The van der Waals surface area contributed by atoms with Gasteiger partial charge >= 0.3 is 12.0 Å². The van der Waals surface area contributed by atoms with Gasteiger partial charge in [0.2, 0.25) is 5.91 Å². The molecule has 19 heavy (non-hydrogen) atoms. The van der Waals surface area contributed by atoms with Crippen molar-refractivity contribution >= 4 is 17.9 Å². The summed E-state index contributed by atoms with van der Waals surface area (Å²) in [6.45, 7) is 1.95. The molecular weight excluding hydrogens is 250 g/mol. The highest BCUT2D eigenvalue weighted by atomic mass is 16.4. The van der Waals surface area contributed by atoms with Gasteiger partial charge < -0.3 is 10.4 Å². The van der Waals surface area contributed by atoms with Crippen LogP contribution in [0.1, 0.15) is 32.6 Å². The topological polar surface area (TPSA) is 98.7 Å². The number of hydrogen-bond acceptors (Lipinski definition) is 4. The summed E-state index contributed by atoms with van der Waals surface area (Å²) in [5.41, 5.74) is 0. The van der Waals surface area contributed by atoms with Crippen molar-refractivity contribution in [3.05, 3.63) is 0 Å². The van der Waals surface area contributed by atoms with Crippen molar-refractivity contribution in [2.75, 3.05) is 19.6 Å². The molecule has 1 rings (SSSR count). The minimum Gasteiger partial charge on any atom is -0.480 e. The number of nitrogens with zero attached hydrogens (tertiary/aromatic N) is 1. The van der Waals surface area contributed by atoms with E-state index in [9.17, 15) is 14.4 Å². The maximum atomic E-state index is 11.7. The second-order valence-corrected chi connectivity index (χ2v) is 4.64. The normalized spacial score (nSPS) is 15.5. The van der Waals surface area contributed by atoms with Crippen LogP contribution in [0.4, 0.5) is 4.79 Å². The number of rotatable bonds is 6. The SMILES string of the molecule is CCNC(=O)NC(=O)CN(CC(=O)O)C1CCCC1. The van der Waals surface area contributed by atoms with Crippen molar-refractivity contribution in [2.45, 2.75) is 38.6 Å². The Labute approximate surface area is 112 Å². The number of nitrogens with one attached hydrogen (secondary N) is 2. The molecule has 0 heterocycles. The molecule has 3 amide bonds. The molecule has 108 valence electrons. The summed E-state index contributed by atoms with van der Waals surface area (Å²) in [5.74, 6) is -1.43. The first-order valence-electron chi connectivity index (χ1n) is 6.56. The van der Waals surface area contributed by atoms with Gasteiger partial charge in [-0.25, -0.2) is 4.79 Å².